The van der Waals surface area contributed by atoms with Gasteiger partial charge in [0.15, 0.2) is 0 Å². The first-order valence-corrected chi connectivity index (χ1v) is 27.5. The molecular weight excluding hydrogens is 779 g/mol. The smallest absolute Gasteiger partial charge is 0.249 e. The minimum absolute atomic E-state index is 0.356. The molecule has 6 nitrogen and oxygen atoms in total. The van der Waals surface area contributed by atoms with Crippen molar-refractivity contribution < 1.29 is 25.2 Å². The molecule has 0 aliphatic heterocycles. The number of hydrogen-bond acceptors (Lipinski definition) is 5. The van der Waals surface area contributed by atoms with Crippen LogP contribution in [-0.2, 0) is 4.79 Å². The van der Waals surface area contributed by atoms with Gasteiger partial charge >= 0.3 is 0 Å². The highest BCUT2D eigenvalue weighted by Gasteiger charge is 2.28. The quantitative estimate of drug-likeness (QED) is 0.0309. The van der Waals surface area contributed by atoms with Crippen molar-refractivity contribution in [2.45, 2.75) is 301 Å². The number of nitrogens with one attached hydrogen (secondary N) is 1. The van der Waals surface area contributed by atoms with Crippen LogP contribution >= 0.6 is 0 Å². The predicted octanol–water partition coefficient (Wildman–Crippen LogP) is 15.8. The van der Waals surface area contributed by atoms with Crippen molar-refractivity contribution in [3.05, 3.63) is 48.6 Å². The lowest BCUT2D eigenvalue weighted by atomic mass is 10.00. The molecule has 0 aliphatic carbocycles. The summed E-state index contributed by atoms with van der Waals surface area (Å²) in [5, 5.41) is 43.9. The molecule has 0 aromatic heterocycles. The van der Waals surface area contributed by atoms with Gasteiger partial charge in [0, 0.05) is 0 Å². The first kappa shape index (κ1) is 61.3. The van der Waals surface area contributed by atoms with E-state index in [0.717, 1.165) is 51.4 Å². The maximum atomic E-state index is 12.6. The van der Waals surface area contributed by atoms with Crippen molar-refractivity contribution in [3.8, 4) is 0 Å². The Bertz CT molecular complexity index is 1040. The molecule has 1 amide bonds. The molecule has 0 saturated heterocycles. The molecule has 0 aromatic rings. The first-order valence-electron chi connectivity index (χ1n) is 27.5. The Morgan fingerprint density at radius 1 is 0.381 bits per heavy atom. The summed E-state index contributed by atoms with van der Waals surface area (Å²) < 4.78 is 0. The van der Waals surface area contributed by atoms with Gasteiger partial charge in [0.05, 0.1) is 18.8 Å². The topological polar surface area (TPSA) is 110 Å². The van der Waals surface area contributed by atoms with E-state index in [1.165, 1.54) is 193 Å². The minimum atomic E-state index is -1.30. The van der Waals surface area contributed by atoms with Crippen LogP contribution in [0.5, 0.6) is 0 Å². The van der Waals surface area contributed by atoms with Crippen LogP contribution in [0.25, 0.3) is 0 Å². The van der Waals surface area contributed by atoms with E-state index in [2.05, 4.69) is 67.8 Å². The largest absolute Gasteiger partial charge is 0.394 e. The monoisotopic (exact) mass is 886 g/mol. The molecule has 63 heavy (non-hydrogen) atoms. The number of amides is 1. The number of unbranched alkanes of at least 4 members (excludes halogenated alkanes) is 33. The van der Waals surface area contributed by atoms with Gasteiger partial charge in [-0.2, -0.15) is 0 Å². The maximum absolute atomic E-state index is 12.6. The molecule has 0 saturated carbocycles. The molecule has 0 aromatic carbocycles. The van der Waals surface area contributed by atoms with Gasteiger partial charge in [0.25, 0.3) is 0 Å². The number of rotatable bonds is 50. The lowest BCUT2D eigenvalue weighted by molar-refractivity contribution is -0.132. The van der Waals surface area contributed by atoms with Crippen molar-refractivity contribution in [3.63, 3.8) is 0 Å². The summed E-state index contributed by atoms with van der Waals surface area (Å²) in [6.45, 7) is 4.06. The third-order valence-electron chi connectivity index (χ3n) is 12.7. The van der Waals surface area contributed by atoms with E-state index in [0.29, 0.717) is 19.3 Å². The molecule has 0 heterocycles. The second-order valence-corrected chi connectivity index (χ2v) is 18.9. The zero-order chi connectivity index (χ0) is 45.9. The fraction of sp³-hybridized carbons (Fsp3) is 0.842. The Hall–Kier alpha value is -1.73. The summed E-state index contributed by atoms with van der Waals surface area (Å²) in [4.78, 5) is 12.6. The fourth-order valence-corrected chi connectivity index (χ4v) is 8.37. The number of aliphatic hydroxyl groups excluding tert-OH is 4. The number of aliphatic hydroxyl groups is 4. The average molecular weight is 886 g/mol. The van der Waals surface area contributed by atoms with Crippen LogP contribution in [0.3, 0.4) is 0 Å². The van der Waals surface area contributed by atoms with Crippen LogP contribution < -0.4 is 5.32 Å². The van der Waals surface area contributed by atoms with E-state index in [1.807, 2.05) is 0 Å². The summed E-state index contributed by atoms with van der Waals surface area (Å²) >= 11 is 0. The minimum Gasteiger partial charge on any atom is -0.394 e. The van der Waals surface area contributed by atoms with Crippen LogP contribution in [0.1, 0.15) is 277 Å². The summed E-state index contributed by atoms with van der Waals surface area (Å²) in [5.74, 6) is -0.600. The predicted molar refractivity (Wildman–Crippen MR) is 274 cm³/mol. The molecule has 4 unspecified atom stereocenters. The van der Waals surface area contributed by atoms with Gasteiger partial charge in [-0.3, -0.25) is 4.79 Å². The van der Waals surface area contributed by atoms with Crippen molar-refractivity contribution in [2.75, 3.05) is 6.61 Å². The molecule has 0 fully saturated rings. The highest BCUT2D eigenvalue weighted by atomic mass is 16.3. The van der Waals surface area contributed by atoms with Crippen molar-refractivity contribution in [1.29, 1.82) is 0 Å². The zero-order valence-electron chi connectivity index (χ0n) is 41.8. The first-order chi connectivity index (χ1) is 31.0. The molecule has 0 spiro atoms. The number of carbonyl (C=O) groups excluding carboxylic acids is 1. The molecule has 370 valence electrons. The van der Waals surface area contributed by atoms with Crippen LogP contribution in [0.15, 0.2) is 48.6 Å². The second-order valence-electron chi connectivity index (χ2n) is 18.9. The van der Waals surface area contributed by atoms with E-state index in [9.17, 15) is 25.2 Å². The van der Waals surface area contributed by atoms with Gasteiger partial charge in [0.2, 0.25) is 5.91 Å². The Kier molecular flexibility index (Phi) is 49.8. The van der Waals surface area contributed by atoms with Gasteiger partial charge < -0.3 is 25.7 Å². The summed E-state index contributed by atoms with van der Waals surface area (Å²) in [6.07, 6.45) is 64.6. The fourth-order valence-electron chi connectivity index (χ4n) is 8.37. The Morgan fingerprint density at radius 2 is 0.667 bits per heavy atom. The molecule has 0 aliphatic rings. The number of carbonyl (C=O) groups is 1. The highest BCUT2D eigenvalue weighted by molar-refractivity contribution is 5.80. The van der Waals surface area contributed by atoms with Gasteiger partial charge in [-0.05, 0) is 89.9 Å². The summed E-state index contributed by atoms with van der Waals surface area (Å²) in [7, 11) is 0. The van der Waals surface area contributed by atoms with E-state index in [1.54, 1.807) is 0 Å². The second kappa shape index (κ2) is 51.3. The Morgan fingerprint density at radius 3 is 1.00 bits per heavy atom. The SMILES string of the molecule is CCCCCCCCCCC/C=C/CC/C=C/CC/C=C/CCCC(O)C(O)C(CO)NC(=O)C(O)CCCCCCCCCCC/C=C\CCCCCCCCCCCCCC. The van der Waals surface area contributed by atoms with Crippen molar-refractivity contribution in [1.82, 2.24) is 5.32 Å². The van der Waals surface area contributed by atoms with Crippen LogP contribution in [0, 0.1) is 0 Å². The summed E-state index contributed by atoms with van der Waals surface area (Å²) in [5.41, 5.74) is 0. The Balaban J connectivity index is 3.72. The van der Waals surface area contributed by atoms with Gasteiger partial charge in [-0.25, -0.2) is 0 Å². The standard InChI is InChI=1S/C57H107NO5/c1-3-5-7-9-11-13-15-17-19-21-23-25-27-28-29-31-33-35-37-39-41-43-45-47-49-51-55(61)57(63)58-53(52-59)56(62)54(60)50-48-46-44-42-40-38-36-34-32-30-26-24-22-20-18-16-14-12-10-8-6-4-2/h24,26,28-29,34,36,42,44,53-56,59-62H,3-23,25,27,30-33,35,37-41,43,45-52H2,1-2H3,(H,58,63)/b26-24+,29-28-,36-34+,44-42+. The average Bonchev–Trinajstić information content (AvgIpc) is 3.29. The van der Waals surface area contributed by atoms with Crippen molar-refractivity contribution in [2.24, 2.45) is 0 Å². The van der Waals surface area contributed by atoms with E-state index in [4.69, 9.17) is 0 Å². The normalized spacial score (nSPS) is 14.2. The maximum Gasteiger partial charge on any atom is 0.249 e. The molecule has 4 atom stereocenters. The lowest BCUT2D eigenvalue weighted by Gasteiger charge is -2.27. The van der Waals surface area contributed by atoms with Crippen molar-refractivity contribution >= 4 is 5.91 Å². The number of hydrogen-bond donors (Lipinski definition) is 5. The molecule has 6 heteroatoms. The van der Waals surface area contributed by atoms with E-state index >= 15 is 0 Å². The lowest BCUT2D eigenvalue weighted by Crippen LogP contribution is -2.53. The van der Waals surface area contributed by atoms with Gasteiger partial charge in [-0.15, -0.1) is 0 Å². The molecule has 0 rings (SSSR count). The molecule has 5 N–H and O–H groups in total. The van der Waals surface area contributed by atoms with Crippen LogP contribution in [-0.4, -0.2) is 57.3 Å². The highest BCUT2D eigenvalue weighted by Crippen LogP contribution is 2.16. The third kappa shape index (κ3) is 45.2. The van der Waals surface area contributed by atoms with Gasteiger partial charge in [-0.1, -0.05) is 236 Å². The van der Waals surface area contributed by atoms with E-state index < -0.39 is 36.9 Å². The van der Waals surface area contributed by atoms with Gasteiger partial charge in [0.1, 0.15) is 12.2 Å². The zero-order valence-corrected chi connectivity index (χ0v) is 41.8. The third-order valence-corrected chi connectivity index (χ3v) is 12.7. The van der Waals surface area contributed by atoms with Crippen LogP contribution in [0.4, 0.5) is 0 Å². The molecular formula is C57H107NO5. The van der Waals surface area contributed by atoms with E-state index in [-0.39, 0.29) is 0 Å². The Labute approximate surface area is 391 Å². The molecule has 0 bridgehead atoms. The number of allylic oxidation sites excluding steroid dienone is 8. The summed E-state index contributed by atoms with van der Waals surface area (Å²) in [6, 6.07) is -1.01. The molecule has 0 radical (unpaired) electrons. The van der Waals surface area contributed by atoms with Crippen LogP contribution in [0.2, 0.25) is 0 Å².